The van der Waals surface area contributed by atoms with E-state index in [4.69, 9.17) is 0 Å². The molecule has 2 unspecified atom stereocenters. The van der Waals surface area contributed by atoms with Crippen molar-refractivity contribution in [2.24, 2.45) is 11.3 Å². The molecule has 1 aliphatic rings. The number of benzene rings is 2. The van der Waals surface area contributed by atoms with Gasteiger partial charge in [0.15, 0.2) is 0 Å². The molecule has 0 saturated heterocycles. The lowest BCUT2D eigenvalue weighted by Crippen LogP contribution is -2.22. The van der Waals surface area contributed by atoms with Gasteiger partial charge >= 0.3 is 0 Å². The topological polar surface area (TPSA) is 0 Å². The second kappa shape index (κ2) is 7.74. The van der Waals surface area contributed by atoms with E-state index >= 15 is 0 Å². The molecule has 0 radical (unpaired) electrons. The molecule has 2 aromatic rings. The highest BCUT2D eigenvalue weighted by atomic mass is 14.3. The van der Waals surface area contributed by atoms with E-state index < -0.39 is 0 Å². The summed E-state index contributed by atoms with van der Waals surface area (Å²) in [6.07, 6.45) is 11.7. The van der Waals surface area contributed by atoms with Gasteiger partial charge in [0, 0.05) is 5.41 Å². The fraction of sp³-hybridized carbons (Fsp3) is 0.231. The van der Waals surface area contributed by atoms with Gasteiger partial charge in [-0.15, -0.1) is 0 Å². The lowest BCUT2D eigenvalue weighted by molar-refractivity contribution is 0.418. The summed E-state index contributed by atoms with van der Waals surface area (Å²) in [6, 6.07) is 21.2. The fourth-order valence-corrected chi connectivity index (χ4v) is 3.51. The molecule has 26 heavy (non-hydrogen) atoms. The molecular formula is C26H28. The minimum Gasteiger partial charge on any atom is -0.0736 e. The van der Waals surface area contributed by atoms with Crippen molar-refractivity contribution in [3.05, 3.63) is 108 Å². The predicted molar refractivity (Wildman–Crippen MR) is 115 cm³/mol. The van der Waals surface area contributed by atoms with Crippen LogP contribution in [0.2, 0.25) is 0 Å². The molecule has 0 heterocycles. The molecule has 3 rings (SSSR count). The third kappa shape index (κ3) is 4.14. The third-order valence-electron chi connectivity index (χ3n) is 5.43. The number of hydrogen-bond acceptors (Lipinski definition) is 0. The van der Waals surface area contributed by atoms with E-state index in [1.54, 1.807) is 0 Å². The van der Waals surface area contributed by atoms with Gasteiger partial charge in [0.2, 0.25) is 0 Å². The molecule has 1 aliphatic carbocycles. The molecule has 0 saturated carbocycles. The molecule has 0 N–H and O–H groups in total. The van der Waals surface area contributed by atoms with Crippen molar-refractivity contribution in [2.45, 2.75) is 27.7 Å². The summed E-state index contributed by atoms with van der Waals surface area (Å²) >= 11 is 0. The summed E-state index contributed by atoms with van der Waals surface area (Å²) in [5.74, 6) is 0.445. The summed E-state index contributed by atoms with van der Waals surface area (Å²) in [7, 11) is 0. The predicted octanol–water partition coefficient (Wildman–Crippen LogP) is 7.33. The fourth-order valence-electron chi connectivity index (χ4n) is 3.51. The summed E-state index contributed by atoms with van der Waals surface area (Å²) in [4.78, 5) is 0. The first-order valence-corrected chi connectivity index (χ1v) is 9.37. The zero-order valence-corrected chi connectivity index (χ0v) is 16.2. The van der Waals surface area contributed by atoms with Crippen LogP contribution in [0, 0.1) is 11.3 Å². The van der Waals surface area contributed by atoms with Crippen molar-refractivity contribution >= 4 is 11.1 Å². The van der Waals surface area contributed by atoms with Gasteiger partial charge in [0.05, 0.1) is 0 Å². The van der Waals surface area contributed by atoms with Gasteiger partial charge in [-0.3, -0.25) is 0 Å². The van der Waals surface area contributed by atoms with Crippen LogP contribution in [0.15, 0.2) is 96.6 Å². The van der Waals surface area contributed by atoms with E-state index in [0.29, 0.717) is 5.92 Å². The monoisotopic (exact) mass is 340 g/mol. The lowest BCUT2D eigenvalue weighted by atomic mass is 9.72. The Bertz CT molecular complexity index is 863. The molecule has 0 aliphatic heterocycles. The maximum absolute atomic E-state index is 2.41. The average Bonchev–Trinajstić information content (AvgIpc) is 2.66. The van der Waals surface area contributed by atoms with E-state index in [1.165, 1.54) is 27.8 Å². The van der Waals surface area contributed by atoms with Gasteiger partial charge in [0.1, 0.15) is 0 Å². The minimum atomic E-state index is 0.0396. The van der Waals surface area contributed by atoms with Crippen molar-refractivity contribution in [2.75, 3.05) is 0 Å². The Morgan fingerprint density at radius 2 is 1.38 bits per heavy atom. The molecule has 0 nitrogen and oxygen atoms in total. The van der Waals surface area contributed by atoms with E-state index in [1.807, 2.05) is 0 Å². The van der Waals surface area contributed by atoms with Gasteiger partial charge in [0.25, 0.3) is 0 Å². The first-order valence-electron chi connectivity index (χ1n) is 9.37. The second-order valence-corrected chi connectivity index (χ2v) is 7.54. The molecule has 0 spiro atoms. The van der Waals surface area contributed by atoms with Crippen LogP contribution in [0.3, 0.4) is 0 Å². The molecule has 0 amide bonds. The van der Waals surface area contributed by atoms with Crippen molar-refractivity contribution < 1.29 is 0 Å². The first kappa shape index (κ1) is 18.2. The van der Waals surface area contributed by atoms with Crippen molar-refractivity contribution in [1.29, 1.82) is 0 Å². The standard InChI is InChI=1S/C26H28/c1-20(24-11-7-5-8-12-24)17-23-15-16-26(4,22(3)18-23)19-21(2)25-13-9-6-10-14-25/h5-19,22H,1-4H3. The Morgan fingerprint density at radius 1 is 0.846 bits per heavy atom. The zero-order chi connectivity index (χ0) is 18.6. The van der Waals surface area contributed by atoms with Gasteiger partial charge in [-0.25, -0.2) is 0 Å². The van der Waals surface area contributed by atoms with Crippen LogP contribution in [0.5, 0.6) is 0 Å². The average molecular weight is 341 g/mol. The highest BCUT2D eigenvalue weighted by molar-refractivity contribution is 5.68. The van der Waals surface area contributed by atoms with Crippen LogP contribution in [0.1, 0.15) is 38.8 Å². The second-order valence-electron chi connectivity index (χ2n) is 7.54. The van der Waals surface area contributed by atoms with Gasteiger partial charge in [-0.05, 0) is 47.6 Å². The summed E-state index contributed by atoms with van der Waals surface area (Å²) < 4.78 is 0. The molecule has 0 heteroatoms. The smallest absolute Gasteiger partial charge is 0.0102 e. The van der Waals surface area contributed by atoms with E-state index in [-0.39, 0.29) is 5.41 Å². The highest BCUT2D eigenvalue weighted by Gasteiger charge is 2.27. The van der Waals surface area contributed by atoms with Crippen molar-refractivity contribution in [3.8, 4) is 0 Å². The quantitative estimate of drug-likeness (QED) is 0.546. The van der Waals surface area contributed by atoms with Crippen LogP contribution in [-0.4, -0.2) is 0 Å². The number of allylic oxidation sites excluding steroid dienone is 8. The largest absolute Gasteiger partial charge is 0.0736 e. The Morgan fingerprint density at radius 3 is 1.92 bits per heavy atom. The maximum atomic E-state index is 2.41. The van der Waals surface area contributed by atoms with Crippen LogP contribution in [0.25, 0.3) is 11.1 Å². The Labute approximate surface area is 158 Å². The van der Waals surface area contributed by atoms with Gasteiger partial charge in [-0.1, -0.05) is 105 Å². The van der Waals surface area contributed by atoms with Crippen LogP contribution in [0.4, 0.5) is 0 Å². The normalized spacial score (nSPS) is 23.7. The van der Waals surface area contributed by atoms with E-state index in [2.05, 4.69) is 119 Å². The molecule has 0 bridgehead atoms. The minimum absolute atomic E-state index is 0.0396. The van der Waals surface area contributed by atoms with Gasteiger partial charge < -0.3 is 0 Å². The summed E-state index contributed by atoms with van der Waals surface area (Å²) in [5, 5.41) is 0. The maximum Gasteiger partial charge on any atom is 0.0102 e. The van der Waals surface area contributed by atoms with Crippen molar-refractivity contribution in [1.82, 2.24) is 0 Å². The molecular weight excluding hydrogens is 312 g/mol. The number of hydrogen-bond donors (Lipinski definition) is 0. The Hall–Kier alpha value is -2.60. The molecule has 132 valence electrons. The van der Waals surface area contributed by atoms with Crippen molar-refractivity contribution in [3.63, 3.8) is 0 Å². The first-order chi connectivity index (χ1) is 12.5. The Balaban J connectivity index is 1.82. The molecule has 2 aromatic carbocycles. The van der Waals surface area contributed by atoms with Crippen LogP contribution < -0.4 is 0 Å². The van der Waals surface area contributed by atoms with Crippen LogP contribution in [-0.2, 0) is 0 Å². The SMILES string of the molecule is CC(=CC1=CC(C)C(C)(C=C(C)c2ccccc2)C=C1)c1ccccc1. The molecule has 2 atom stereocenters. The highest BCUT2D eigenvalue weighted by Crippen LogP contribution is 2.39. The summed E-state index contributed by atoms with van der Waals surface area (Å²) in [6.45, 7) is 9.02. The number of rotatable bonds is 4. The molecule has 0 fully saturated rings. The Kier molecular flexibility index (Phi) is 5.42. The van der Waals surface area contributed by atoms with E-state index in [9.17, 15) is 0 Å². The van der Waals surface area contributed by atoms with Gasteiger partial charge in [-0.2, -0.15) is 0 Å². The summed E-state index contributed by atoms with van der Waals surface area (Å²) in [5.41, 5.74) is 6.54. The molecule has 0 aromatic heterocycles. The third-order valence-corrected chi connectivity index (χ3v) is 5.43. The lowest BCUT2D eigenvalue weighted by Gasteiger charge is -2.32. The van der Waals surface area contributed by atoms with Crippen LogP contribution >= 0.6 is 0 Å². The zero-order valence-electron chi connectivity index (χ0n) is 16.2. The van der Waals surface area contributed by atoms with E-state index in [0.717, 1.165) is 0 Å².